The maximum absolute atomic E-state index is 12.9. The van der Waals surface area contributed by atoms with Gasteiger partial charge < -0.3 is 5.32 Å². The van der Waals surface area contributed by atoms with Crippen LogP contribution in [0.1, 0.15) is 37.3 Å². The summed E-state index contributed by atoms with van der Waals surface area (Å²) in [6.07, 6.45) is 3.44. The van der Waals surface area contributed by atoms with Gasteiger partial charge in [0.15, 0.2) is 0 Å². The molecule has 0 heterocycles. The van der Waals surface area contributed by atoms with Gasteiger partial charge in [0.1, 0.15) is 0 Å². The second kappa shape index (κ2) is 6.19. The van der Waals surface area contributed by atoms with Crippen LogP contribution in [0.4, 0.5) is 0 Å². The van der Waals surface area contributed by atoms with Gasteiger partial charge >= 0.3 is 0 Å². The zero-order valence-corrected chi connectivity index (χ0v) is 13.2. The van der Waals surface area contributed by atoms with Crippen LogP contribution in [-0.4, -0.2) is 22.5 Å². The zero-order chi connectivity index (χ0) is 14.0. The molecule has 0 aromatic heterocycles. The van der Waals surface area contributed by atoms with Crippen LogP contribution >= 0.6 is 0 Å². The molecule has 0 saturated heterocycles. The van der Waals surface area contributed by atoms with E-state index < -0.39 is 10.8 Å². The van der Waals surface area contributed by atoms with Crippen molar-refractivity contribution < 1.29 is 4.21 Å². The van der Waals surface area contributed by atoms with Gasteiger partial charge in [-0.15, -0.1) is 0 Å². The maximum Gasteiger partial charge on any atom is 0.0579 e. The number of aryl methyl sites for hydroxylation is 2. The molecular formula is C16H25NOS. The average molecular weight is 279 g/mol. The average Bonchev–Trinajstić information content (AvgIpc) is 2.38. The Hall–Kier alpha value is -0.670. The molecule has 0 radical (unpaired) electrons. The fourth-order valence-corrected chi connectivity index (χ4v) is 5.06. The van der Waals surface area contributed by atoms with Gasteiger partial charge in [0.2, 0.25) is 0 Å². The van der Waals surface area contributed by atoms with Crippen LogP contribution in [0.2, 0.25) is 0 Å². The fourth-order valence-electron chi connectivity index (χ4n) is 3.08. The van der Waals surface area contributed by atoms with Crippen molar-refractivity contribution in [2.75, 3.05) is 7.05 Å². The SMILES string of the molecule is CNC1CCC(C)CC1S(=O)c1ccc(C)cc1C. The highest BCUT2D eigenvalue weighted by molar-refractivity contribution is 7.85. The Labute approximate surface area is 119 Å². The van der Waals surface area contributed by atoms with Gasteiger partial charge in [0, 0.05) is 10.9 Å². The summed E-state index contributed by atoms with van der Waals surface area (Å²) >= 11 is 0. The molecule has 2 rings (SSSR count). The van der Waals surface area contributed by atoms with E-state index in [1.165, 1.54) is 12.0 Å². The first-order chi connectivity index (χ1) is 9.02. The highest BCUT2D eigenvalue weighted by Gasteiger charge is 2.33. The third-order valence-electron chi connectivity index (χ3n) is 4.25. The summed E-state index contributed by atoms with van der Waals surface area (Å²) in [5.41, 5.74) is 2.40. The summed E-state index contributed by atoms with van der Waals surface area (Å²) in [5, 5.41) is 3.61. The van der Waals surface area contributed by atoms with Gasteiger partial charge in [0.25, 0.3) is 0 Å². The second-order valence-corrected chi connectivity index (χ2v) is 7.56. The highest BCUT2D eigenvalue weighted by Crippen LogP contribution is 2.31. The lowest BCUT2D eigenvalue weighted by atomic mass is 9.87. The molecule has 1 saturated carbocycles. The Morgan fingerprint density at radius 1 is 1.26 bits per heavy atom. The van der Waals surface area contributed by atoms with Crippen LogP contribution in [0, 0.1) is 19.8 Å². The number of benzene rings is 1. The zero-order valence-electron chi connectivity index (χ0n) is 12.4. The van der Waals surface area contributed by atoms with Crippen LogP contribution in [-0.2, 0) is 10.8 Å². The first kappa shape index (κ1) is 14.7. The summed E-state index contributed by atoms with van der Waals surface area (Å²) in [5.74, 6) is 0.685. The Morgan fingerprint density at radius 2 is 2.00 bits per heavy atom. The van der Waals surface area contributed by atoms with E-state index in [9.17, 15) is 4.21 Å². The topological polar surface area (TPSA) is 29.1 Å². The van der Waals surface area contributed by atoms with Crippen molar-refractivity contribution in [2.45, 2.75) is 56.2 Å². The van der Waals surface area contributed by atoms with Crippen LogP contribution in [0.5, 0.6) is 0 Å². The van der Waals surface area contributed by atoms with Crippen molar-refractivity contribution in [1.29, 1.82) is 0 Å². The van der Waals surface area contributed by atoms with E-state index in [1.807, 2.05) is 13.1 Å². The van der Waals surface area contributed by atoms with E-state index in [-0.39, 0.29) is 5.25 Å². The fraction of sp³-hybridized carbons (Fsp3) is 0.625. The minimum absolute atomic E-state index is 0.246. The molecule has 1 aliphatic carbocycles. The van der Waals surface area contributed by atoms with Gasteiger partial charge in [-0.1, -0.05) is 24.6 Å². The lowest BCUT2D eigenvalue weighted by Gasteiger charge is -2.34. The molecule has 0 aliphatic heterocycles. The molecule has 19 heavy (non-hydrogen) atoms. The van der Waals surface area contributed by atoms with E-state index in [2.05, 4.69) is 38.2 Å². The highest BCUT2D eigenvalue weighted by atomic mass is 32.2. The Bertz CT molecular complexity index is 472. The van der Waals surface area contributed by atoms with Gasteiger partial charge in [-0.2, -0.15) is 0 Å². The molecule has 0 amide bonds. The van der Waals surface area contributed by atoms with Crippen LogP contribution in [0.3, 0.4) is 0 Å². The van der Waals surface area contributed by atoms with Crippen molar-refractivity contribution >= 4 is 10.8 Å². The van der Waals surface area contributed by atoms with E-state index in [1.54, 1.807) is 0 Å². The number of rotatable bonds is 3. The molecule has 0 bridgehead atoms. The molecular weight excluding hydrogens is 254 g/mol. The molecule has 106 valence electrons. The van der Waals surface area contributed by atoms with Gasteiger partial charge in [0.05, 0.1) is 16.0 Å². The molecule has 4 unspecified atom stereocenters. The maximum atomic E-state index is 12.9. The Balaban J connectivity index is 2.25. The van der Waals surface area contributed by atoms with Gasteiger partial charge in [-0.25, -0.2) is 0 Å². The second-order valence-electron chi connectivity index (χ2n) is 5.92. The molecule has 0 spiro atoms. The van der Waals surface area contributed by atoms with Gasteiger partial charge in [-0.05, 0) is 57.7 Å². The normalized spacial score (nSPS) is 29.2. The lowest BCUT2D eigenvalue weighted by Crippen LogP contribution is -2.44. The molecule has 4 atom stereocenters. The van der Waals surface area contributed by atoms with E-state index in [0.29, 0.717) is 12.0 Å². The van der Waals surface area contributed by atoms with E-state index >= 15 is 0 Å². The van der Waals surface area contributed by atoms with E-state index in [4.69, 9.17) is 0 Å². The third-order valence-corrected chi connectivity index (χ3v) is 6.21. The molecule has 1 aromatic carbocycles. The predicted molar refractivity (Wildman–Crippen MR) is 82.0 cm³/mol. The van der Waals surface area contributed by atoms with Crippen LogP contribution in [0.25, 0.3) is 0 Å². The minimum atomic E-state index is -0.903. The largest absolute Gasteiger partial charge is 0.316 e. The minimum Gasteiger partial charge on any atom is -0.316 e. The van der Waals surface area contributed by atoms with E-state index in [0.717, 1.165) is 23.3 Å². The van der Waals surface area contributed by atoms with Crippen molar-refractivity contribution in [3.63, 3.8) is 0 Å². The molecule has 2 nitrogen and oxygen atoms in total. The number of nitrogens with one attached hydrogen (secondary N) is 1. The Morgan fingerprint density at radius 3 is 2.63 bits per heavy atom. The molecule has 1 fully saturated rings. The predicted octanol–water partition coefficient (Wildman–Crippen LogP) is 3.19. The van der Waals surface area contributed by atoms with Crippen molar-refractivity contribution in [1.82, 2.24) is 5.32 Å². The monoisotopic (exact) mass is 279 g/mol. The van der Waals surface area contributed by atoms with Crippen molar-refractivity contribution in [2.24, 2.45) is 5.92 Å². The summed E-state index contributed by atoms with van der Waals surface area (Å²) in [6.45, 7) is 6.43. The summed E-state index contributed by atoms with van der Waals surface area (Å²) < 4.78 is 12.9. The third kappa shape index (κ3) is 3.26. The first-order valence-corrected chi connectivity index (χ1v) is 8.39. The number of hydrogen-bond acceptors (Lipinski definition) is 2. The molecule has 1 N–H and O–H groups in total. The molecule has 1 aromatic rings. The first-order valence-electron chi connectivity index (χ1n) is 7.18. The van der Waals surface area contributed by atoms with Crippen molar-refractivity contribution in [3.05, 3.63) is 29.3 Å². The quantitative estimate of drug-likeness (QED) is 0.920. The smallest absolute Gasteiger partial charge is 0.0579 e. The lowest BCUT2D eigenvalue weighted by molar-refractivity contribution is 0.325. The summed E-state index contributed by atoms with van der Waals surface area (Å²) in [7, 11) is 1.09. The molecule has 3 heteroatoms. The van der Waals surface area contributed by atoms with Crippen LogP contribution < -0.4 is 5.32 Å². The van der Waals surface area contributed by atoms with Gasteiger partial charge in [-0.3, -0.25) is 4.21 Å². The standard InChI is InChI=1S/C16H25NOS/c1-11-6-8-15(13(3)9-11)19(18)16-10-12(2)5-7-14(16)17-4/h6,8-9,12,14,16-17H,5,7,10H2,1-4H3. The van der Waals surface area contributed by atoms with Crippen LogP contribution in [0.15, 0.2) is 23.1 Å². The molecule has 1 aliphatic rings. The Kier molecular flexibility index (Phi) is 4.80. The summed E-state index contributed by atoms with van der Waals surface area (Å²) in [4.78, 5) is 1.02. The number of hydrogen-bond donors (Lipinski definition) is 1. The van der Waals surface area contributed by atoms with Crippen molar-refractivity contribution in [3.8, 4) is 0 Å². The summed E-state index contributed by atoms with van der Waals surface area (Å²) in [6, 6.07) is 6.64.